The van der Waals surface area contributed by atoms with Crippen molar-refractivity contribution in [1.29, 1.82) is 0 Å². The van der Waals surface area contributed by atoms with Crippen LogP contribution < -0.4 is 15.0 Å². The van der Waals surface area contributed by atoms with Crippen LogP contribution in [0.3, 0.4) is 0 Å². The molecule has 1 saturated heterocycles. The summed E-state index contributed by atoms with van der Waals surface area (Å²) >= 11 is 0. The molecule has 3 aromatic rings. The number of nitrogens with one attached hydrogen (secondary N) is 1. The van der Waals surface area contributed by atoms with E-state index in [1.165, 1.54) is 18.2 Å². The molecule has 200 valence electrons. The summed E-state index contributed by atoms with van der Waals surface area (Å²) in [5, 5.41) is 3.65. The van der Waals surface area contributed by atoms with Gasteiger partial charge in [-0.25, -0.2) is 19.2 Å². The maximum Gasteiger partial charge on any atom is 0.410 e. The molecule has 1 fully saturated rings. The second kappa shape index (κ2) is 10.7. The number of hydrogen-bond acceptors (Lipinski definition) is 8. The Labute approximate surface area is 222 Å². The van der Waals surface area contributed by atoms with Crippen molar-refractivity contribution >= 4 is 34.3 Å². The van der Waals surface area contributed by atoms with Crippen LogP contribution in [0.25, 0.3) is 10.9 Å². The summed E-state index contributed by atoms with van der Waals surface area (Å²) in [6, 6.07) is 5.08. The highest BCUT2D eigenvalue weighted by Crippen LogP contribution is 2.38. The highest BCUT2D eigenvalue weighted by molar-refractivity contribution is 5.93. The number of halogens is 1. The van der Waals surface area contributed by atoms with Crippen molar-refractivity contribution in [1.82, 2.24) is 19.9 Å². The first-order chi connectivity index (χ1) is 18.1. The number of methoxy groups -OCH3 is 1. The van der Waals surface area contributed by atoms with Gasteiger partial charge in [-0.15, -0.1) is 6.42 Å². The Morgan fingerprint density at radius 3 is 2.63 bits per heavy atom. The molecule has 4 rings (SSSR count). The van der Waals surface area contributed by atoms with E-state index >= 15 is 4.39 Å². The predicted molar refractivity (Wildman–Crippen MR) is 145 cm³/mol. The number of rotatable bonds is 7. The van der Waals surface area contributed by atoms with Crippen LogP contribution >= 0.6 is 0 Å². The lowest BCUT2D eigenvalue weighted by atomic mass is 9.97. The van der Waals surface area contributed by atoms with Gasteiger partial charge in [0.1, 0.15) is 16.9 Å². The molecular formula is C28H33FN6O3. The first-order valence-electron chi connectivity index (χ1n) is 12.6. The van der Waals surface area contributed by atoms with E-state index in [4.69, 9.17) is 15.9 Å². The molecule has 0 bridgehead atoms. The lowest BCUT2D eigenvalue weighted by Crippen LogP contribution is -2.38. The molecule has 1 N–H and O–H groups in total. The van der Waals surface area contributed by atoms with Crippen LogP contribution in [0.15, 0.2) is 24.4 Å². The summed E-state index contributed by atoms with van der Waals surface area (Å²) in [6.07, 6.45) is 8.49. The predicted octanol–water partition coefficient (Wildman–Crippen LogP) is 5.43. The highest BCUT2D eigenvalue weighted by atomic mass is 19.1. The van der Waals surface area contributed by atoms with Crippen molar-refractivity contribution in [3.63, 3.8) is 0 Å². The Hall–Kier alpha value is -4.13. The molecule has 10 heteroatoms. The van der Waals surface area contributed by atoms with Gasteiger partial charge in [-0.1, -0.05) is 25.0 Å². The Morgan fingerprint density at radius 2 is 2.05 bits per heavy atom. The fraction of sp³-hybridized carbons (Fsp3) is 0.429. The van der Waals surface area contributed by atoms with Crippen LogP contribution in [0.2, 0.25) is 0 Å². The second-order valence-electron chi connectivity index (χ2n) is 10.1. The minimum absolute atomic E-state index is 0.0288. The molecule has 1 aliphatic heterocycles. The molecule has 1 unspecified atom stereocenters. The first-order valence-corrected chi connectivity index (χ1v) is 12.6. The standard InChI is InChI=1S/C28H33FN6O3/c1-8-17-12-10-13-18(20(9-2)34(6)27(36)38-28(3,4)5)22(17)31-24-21(29)23-19(16-30-26(32-23)37-7)25(33-24)35-14-11-15-35/h1,10,12-13,16,20H,9,11,14-15H2,2-7H3,(H,31,33). The zero-order valence-electron chi connectivity index (χ0n) is 22.6. The summed E-state index contributed by atoms with van der Waals surface area (Å²) in [6.45, 7) is 8.99. The van der Waals surface area contributed by atoms with Crippen LogP contribution in [0, 0.1) is 18.2 Å². The third-order valence-electron chi connectivity index (χ3n) is 6.37. The van der Waals surface area contributed by atoms with E-state index in [1.54, 1.807) is 13.1 Å². The van der Waals surface area contributed by atoms with Crippen molar-refractivity contribution < 1.29 is 18.7 Å². The molecule has 1 atom stereocenters. The van der Waals surface area contributed by atoms with Crippen LogP contribution in [0.5, 0.6) is 6.01 Å². The SMILES string of the molecule is C#Cc1cccc(C(CC)N(C)C(=O)OC(C)(C)C)c1Nc1nc(N2CCC2)c2cnc(OC)nc2c1F. The van der Waals surface area contributed by atoms with Crippen molar-refractivity contribution in [2.24, 2.45) is 0 Å². The maximum atomic E-state index is 15.9. The van der Waals surface area contributed by atoms with Gasteiger partial charge in [-0.2, -0.15) is 4.98 Å². The van der Waals surface area contributed by atoms with Gasteiger partial charge in [0, 0.05) is 31.9 Å². The quantitative estimate of drug-likeness (QED) is 0.413. The smallest absolute Gasteiger partial charge is 0.410 e. The monoisotopic (exact) mass is 520 g/mol. The van der Waals surface area contributed by atoms with Gasteiger partial charge in [-0.05, 0) is 45.2 Å². The average Bonchev–Trinajstić information content (AvgIpc) is 2.85. The Kier molecular flexibility index (Phi) is 7.58. The number of pyridine rings is 1. The zero-order valence-corrected chi connectivity index (χ0v) is 22.6. The average molecular weight is 521 g/mol. The van der Waals surface area contributed by atoms with Gasteiger partial charge >= 0.3 is 12.1 Å². The molecule has 9 nitrogen and oxygen atoms in total. The van der Waals surface area contributed by atoms with Crippen molar-refractivity contribution in [2.45, 2.75) is 52.2 Å². The Bertz CT molecular complexity index is 1390. The van der Waals surface area contributed by atoms with Gasteiger partial charge in [0.25, 0.3) is 0 Å². The van der Waals surface area contributed by atoms with Gasteiger partial charge in [0.05, 0.1) is 24.2 Å². The van der Waals surface area contributed by atoms with Crippen molar-refractivity contribution in [2.75, 3.05) is 37.5 Å². The van der Waals surface area contributed by atoms with Crippen molar-refractivity contribution in [3.8, 4) is 18.4 Å². The molecular weight excluding hydrogens is 487 g/mol. The van der Waals surface area contributed by atoms with E-state index in [0.717, 1.165) is 19.5 Å². The number of terminal acetylenes is 1. The van der Waals surface area contributed by atoms with E-state index in [2.05, 4.69) is 26.2 Å². The number of para-hydroxylation sites is 1. The maximum absolute atomic E-state index is 15.9. The van der Waals surface area contributed by atoms with Crippen LogP contribution in [-0.2, 0) is 4.74 Å². The lowest BCUT2D eigenvalue weighted by Gasteiger charge is -2.33. The van der Waals surface area contributed by atoms with E-state index < -0.39 is 23.6 Å². The molecule has 38 heavy (non-hydrogen) atoms. The second-order valence-corrected chi connectivity index (χ2v) is 10.1. The molecule has 0 radical (unpaired) electrons. The summed E-state index contributed by atoms with van der Waals surface area (Å²) < 4.78 is 26.7. The minimum atomic E-state index is -0.656. The number of aromatic nitrogens is 3. The molecule has 0 spiro atoms. The largest absolute Gasteiger partial charge is 0.467 e. The molecule has 0 saturated carbocycles. The molecule has 2 aromatic heterocycles. The van der Waals surface area contributed by atoms with Crippen LogP contribution in [-0.4, -0.2) is 58.8 Å². The van der Waals surface area contributed by atoms with Crippen LogP contribution in [0.4, 0.5) is 26.5 Å². The summed E-state index contributed by atoms with van der Waals surface area (Å²) in [5.74, 6) is 2.57. The van der Waals surface area contributed by atoms with Crippen LogP contribution in [0.1, 0.15) is 57.7 Å². The van der Waals surface area contributed by atoms with Gasteiger partial charge in [-0.3, -0.25) is 0 Å². The Balaban J connectivity index is 1.83. The third kappa shape index (κ3) is 5.28. The van der Waals surface area contributed by atoms with E-state index in [9.17, 15) is 4.79 Å². The number of amides is 1. The van der Waals surface area contributed by atoms with Gasteiger partial charge < -0.3 is 24.6 Å². The number of ether oxygens (including phenoxy) is 2. The number of hydrogen-bond donors (Lipinski definition) is 1. The normalized spacial score (nSPS) is 13.9. The molecule has 3 heterocycles. The number of benzene rings is 1. The van der Waals surface area contributed by atoms with E-state index in [1.807, 2.05) is 44.7 Å². The number of carbonyl (C=O) groups excluding carboxylic acids is 1. The minimum Gasteiger partial charge on any atom is -0.467 e. The number of fused-ring (bicyclic) bond motifs is 1. The topological polar surface area (TPSA) is 92.7 Å². The summed E-state index contributed by atoms with van der Waals surface area (Å²) in [5.41, 5.74) is 1.14. The fourth-order valence-electron chi connectivity index (χ4n) is 4.36. The molecule has 1 amide bonds. The highest BCUT2D eigenvalue weighted by Gasteiger charge is 2.29. The van der Waals surface area contributed by atoms with Gasteiger partial charge in [0.2, 0.25) is 0 Å². The zero-order chi connectivity index (χ0) is 27.6. The molecule has 0 aliphatic carbocycles. The van der Waals surface area contributed by atoms with E-state index in [-0.39, 0.29) is 17.3 Å². The Morgan fingerprint density at radius 1 is 1.32 bits per heavy atom. The molecule has 1 aliphatic rings. The van der Waals surface area contributed by atoms with Crippen molar-refractivity contribution in [3.05, 3.63) is 41.3 Å². The summed E-state index contributed by atoms with van der Waals surface area (Å²) in [4.78, 5) is 29.6. The number of nitrogens with zero attached hydrogens (tertiary/aromatic N) is 5. The number of anilines is 3. The number of carbonyl (C=O) groups is 1. The lowest BCUT2D eigenvalue weighted by molar-refractivity contribution is 0.0216. The van der Waals surface area contributed by atoms with E-state index in [0.29, 0.717) is 34.4 Å². The molecule has 1 aromatic carbocycles. The first kappa shape index (κ1) is 26.9. The van der Waals surface area contributed by atoms with Gasteiger partial charge in [0.15, 0.2) is 11.6 Å². The fourth-order valence-corrected chi connectivity index (χ4v) is 4.36. The third-order valence-corrected chi connectivity index (χ3v) is 6.37. The summed E-state index contributed by atoms with van der Waals surface area (Å²) in [7, 11) is 3.10.